The second kappa shape index (κ2) is 10.1. The minimum Gasteiger partial charge on any atom is -0.382 e. The molecule has 0 aromatic carbocycles. The predicted molar refractivity (Wildman–Crippen MR) is 68.4 cm³/mol. The van der Waals surface area contributed by atoms with Gasteiger partial charge in [-0.2, -0.15) is 0 Å². The van der Waals surface area contributed by atoms with Gasteiger partial charge in [-0.15, -0.1) is 0 Å². The molecule has 0 radical (unpaired) electrons. The van der Waals surface area contributed by atoms with E-state index in [0.717, 1.165) is 12.8 Å². The van der Waals surface area contributed by atoms with Crippen LogP contribution in [0, 0.1) is 0 Å². The number of hydrazine groups is 1. The fourth-order valence-electron chi connectivity index (χ4n) is 1.84. The van der Waals surface area contributed by atoms with Gasteiger partial charge in [0.1, 0.15) is 6.10 Å². The summed E-state index contributed by atoms with van der Waals surface area (Å²) in [6.07, 6.45) is 1.90. The van der Waals surface area contributed by atoms with Crippen molar-refractivity contribution in [3.8, 4) is 0 Å². The van der Waals surface area contributed by atoms with Crippen LogP contribution in [0.25, 0.3) is 0 Å². The zero-order valence-corrected chi connectivity index (χ0v) is 11.4. The molecule has 2 atom stereocenters. The summed E-state index contributed by atoms with van der Waals surface area (Å²) >= 11 is 0. The summed E-state index contributed by atoms with van der Waals surface area (Å²) in [5, 5.41) is 0. The molecule has 0 bridgehead atoms. The highest BCUT2D eigenvalue weighted by Crippen LogP contribution is 2.19. The predicted octanol–water partition coefficient (Wildman–Crippen LogP) is -0.406. The van der Waals surface area contributed by atoms with E-state index in [-0.39, 0.29) is 12.0 Å². The third-order valence-electron chi connectivity index (χ3n) is 2.86. The van der Waals surface area contributed by atoms with Crippen LogP contribution in [0.2, 0.25) is 0 Å². The average Bonchev–Trinajstić information content (AvgIpc) is 2.89. The Hall–Kier alpha value is -0.730. The van der Waals surface area contributed by atoms with Gasteiger partial charge < -0.3 is 18.9 Å². The molecule has 7 heteroatoms. The maximum absolute atomic E-state index is 11.2. The van der Waals surface area contributed by atoms with Gasteiger partial charge in [0, 0.05) is 20.3 Å². The van der Waals surface area contributed by atoms with Gasteiger partial charge in [-0.25, -0.2) is 5.84 Å². The molecule has 1 aliphatic heterocycles. The molecule has 2 unspecified atom stereocenters. The van der Waals surface area contributed by atoms with Gasteiger partial charge in [0.05, 0.1) is 25.9 Å². The van der Waals surface area contributed by atoms with Gasteiger partial charge in [0.2, 0.25) is 0 Å². The fourth-order valence-corrected chi connectivity index (χ4v) is 1.84. The summed E-state index contributed by atoms with van der Waals surface area (Å²) in [5.74, 6) is 4.78. The number of ether oxygens (including phenoxy) is 4. The van der Waals surface area contributed by atoms with Crippen molar-refractivity contribution in [2.45, 2.75) is 31.5 Å². The lowest BCUT2D eigenvalue weighted by molar-refractivity contribution is -0.133. The van der Waals surface area contributed by atoms with Crippen LogP contribution in [0.1, 0.15) is 19.3 Å². The first-order chi connectivity index (χ1) is 9.27. The highest BCUT2D eigenvalue weighted by Gasteiger charge is 2.30. The van der Waals surface area contributed by atoms with Gasteiger partial charge in [-0.3, -0.25) is 10.2 Å². The Kier molecular flexibility index (Phi) is 8.68. The van der Waals surface area contributed by atoms with Crippen LogP contribution in [-0.4, -0.2) is 58.3 Å². The summed E-state index contributed by atoms with van der Waals surface area (Å²) in [6, 6.07) is 0. The van der Waals surface area contributed by atoms with Gasteiger partial charge in [0.15, 0.2) is 0 Å². The topological polar surface area (TPSA) is 92.0 Å². The number of nitrogens with two attached hydrogens (primary N) is 1. The molecule has 1 saturated heterocycles. The van der Waals surface area contributed by atoms with E-state index in [1.54, 1.807) is 7.11 Å². The molecule has 1 heterocycles. The van der Waals surface area contributed by atoms with E-state index < -0.39 is 6.10 Å². The second-order valence-corrected chi connectivity index (χ2v) is 4.37. The molecule has 19 heavy (non-hydrogen) atoms. The normalized spacial score (nSPS) is 22.6. The van der Waals surface area contributed by atoms with Crippen LogP contribution >= 0.6 is 0 Å². The standard InChI is InChI=1S/C12H24N2O5/c1-16-7-8-17-5-2-6-18-9-10-3-4-11(19-10)12(15)14-13/h10-11H,2-9,13H2,1H3,(H,14,15). The van der Waals surface area contributed by atoms with Gasteiger partial charge in [-0.05, 0) is 19.3 Å². The van der Waals surface area contributed by atoms with Crippen molar-refractivity contribution >= 4 is 5.91 Å². The monoisotopic (exact) mass is 276 g/mol. The first kappa shape index (κ1) is 16.3. The molecule has 1 rings (SSSR count). The SMILES string of the molecule is COCCOCCCOCC1CCC(C(=O)NN)O1. The third-order valence-corrected chi connectivity index (χ3v) is 2.86. The first-order valence-electron chi connectivity index (χ1n) is 6.58. The Bertz CT molecular complexity index is 252. The van der Waals surface area contributed by atoms with E-state index in [1.807, 2.05) is 0 Å². The molecule has 3 N–H and O–H groups in total. The van der Waals surface area contributed by atoms with Crippen LogP contribution in [0.3, 0.4) is 0 Å². The summed E-state index contributed by atoms with van der Waals surface area (Å²) in [5.41, 5.74) is 2.10. The van der Waals surface area contributed by atoms with Crippen molar-refractivity contribution in [1.29, 1.82) is 0 Å². The lowest BCUT2D eigenvalue weighted by Crippen LogP contribution is -2.39. The average molecular weight is 276 g/mol. The molecule has 1 fully saturated rings. The van der Waals surface area contributed by atoms with Gasteiger partial charge in [-0.1, -0.05) is 0 Å². The Morgan fingerprint density at radius 1 is 1.26 bits per heavy atom. The number of carbonyl (C=O) groups is 1. The summed E-state index contributed by atoms with van der Waals surface area (Å²) in [4.78, 5) is 11.2. The van der Waals surface area contributed by atoms with Crippen LogP contribution in [0.15, 0.2) is 0 Å². The van der Waals surface area contributed by atoms with Crippen molar-refractivity contribution in [2.24, 2.45) is 5.84 Å². The van der Waals surface area contributed by atoms with Crippen molar-refractivity contribution in [1.82, 2.24) is 5.43 Å². The minimum atomic E-state index is -0.434. The summed E-state index contributed by atoms with van der Waals surface area (Å²) < 4.78 is 21.2. The van der Waals surface area contributed by atoms with Crippen LogP contribution in [0.5, 0.6) is 0 Å². The second-order valence-electron chi connectivity index (χ2n) is 4.37. The highest BCUT2D eigenvalue weighted by atomic mass is 16.5. The number of carbonyl (C=O) groups excluding carboxylic acids is 1. The molecule has 7 nitrogen and oxygen atoms in total. The molecular weight excluding hydrogens is 252 g/mol. The number of amides is 1. The molecule has 0 aliphatic carbocycles. The lowest BCUT2D eigenvalue weighted by Gasteiger charge is -2.13. The summed E-state index contributed by atoms with van der Waals surface area (Å²) in [7, 11) is 1.65. The maximum Gasteiger partial charge on any atom is 0.263 e. The Labute approximate surface area is 113 Å². The Morgan fingerprint density at radius 2 is 2.05 bits per heavy atom. The van der Waals surface area contributed by atoms with Crippen LogP contribution in [0.4, 0.5) is 0 Å². The molecule has 1 aliphatic rings. The third kappa shape index (κ3) is 6.84. The minimum absolute atomic E-state index is 0.0169. The number of hydrogen-bond donors (Lipinski definition) is 2. The zero-order valence-electron chi connectivity index (χ0n) is 11.4. The zero-order chi connectivity index (χ0) is 13.9. The van der Waals surface area contributed by atoms with Crippen LogP contribution in [-0.2, 0) is 23.7 Å². The first-order valence-corrected chi connectivity index (χ1v) is 6.58. The van der Waals surface area contributed by atoms with E-state index >= 15 is 0 Å². The molecule has 1 amide bonds. The van der Waals surface area contributed by atoms with Crippen molar-refractivity contribution < 1.29 is 23.7 Å². The van der Waals surface area contributed by atoms with E-state index in [1.165, 1.54) is 0 Å². The molecule has 0 spiro atoms. The van der Waals surface area contributed by atoms with E-state index in [9.17, 15) is 4.79 Å². The molecule has 0 aromatic rings. The number of hydrogen-bond acceptors (Lipinski definition) is 6. The molecule has 112 valence electrons. The number of rotatable bonds is 10. The van der Waals surface area contributed by atoms with Gasteiger partial charge in [0.25, 0.3) is 5.91 Å². The Balaban J connectivity index is 1.92. The number of methoxy groups -OCH3 is 1. The van der Waals surface area contributed by atoms with E-state index in [2.05, 4.69) is 5.43 Å². The molecular formula is C12H24N2O5. The van der Waals surface area contributed by atoms with Crippen molar-refractivity contribution in [3.05, 3.63) is 0 Å². The maximum atomic E-state index is 11.2. The van der Waals surface area contributed by atoms with Crippen molar-refractivity contribution in [2.75, 3.05) is 40.1 Å². The molecule has 0 saturated carbocycles. The Morgan fingerprint density at radius 3 is 2.79 bits per heavy atom. The number of nitrogens with one attached hydrogen (secondary N) is 1. The summed E-state index contributed by atoms with van der Waals surface area (Å²) in [6.45, 7) is 3.01. The molecule has 0 aromatic heterocycles. The fraction of sp³-hybridized carbons (Fsp3) is 0.917. The highest BCUT2D eigenvalue weighted by molar-refractivity contribution is 5.80. The lowest BCUT2D eigenvalue weighted by atomic mass is 10.2. The smallest absolute Gasteiger partial charge is 0.263 e. The van der Waals surface area contributed by atoms with Gasteiger partial charge >= 0.3 is 0 Å². The van der Waals surface area contributed by atoms with E-state index in [0.29, 0.717) is 39.5 Å². The quantitative estimate of drug-likeness (QED) is 0.244. The van der Waals surface area contributed by atoms with Crippen LogP contribution < -0.4 is 11.3 Å². The van der Waals surface area contributed by atoms with E-state index in [4.69, 9.17) is 24.8 Å². The largest absolute Gasteiger partial charge is 0.382 e. The van der Waals surface area contributed by atoms with Crippen molar-refractivity contribution in [3.63, 3.8) is 0 Å².